The zero-order valence-corrected chi connectivity index (χ0v) is 11.6. The fourth-order valence-corrected chi connectivity index (χ4v) is 3.05. The number of hydrogen-bond donors (Lipinski definition) is 2. The number of pyridine rings is 1. The normalized spacial score (nSPS) is 26.7. The minimum atomic E-state index is 0.236. The Balaban J connectivity index is 1.97. The third-order valence-electron chi connectivity index (χ3n) is 3.50. The number of ether oxygens (including phenoxy) is 1. The molecule has 0 saturated heterocycles. The van der Waals surface area contributed by atoms with Crippen LogP contribution in [0.2, 0.25) is 5.15 Å². The van der Waals surface area contributed by atoms with Gasteiger partial charge in [0.05, 0.1) is 6.61 Å². The summed E-state index contributed by atoms with van der Waals surface area (Å²) in [5.41, 5.74) is 6.01. The standard InChI is InChI=1S/C13H20ClN3O/c1-9-5-13(6-9,7-16-2)8-18-10-3-4-11(14)17-12(10)15/h3-4,9,16H,5-8H2,1-2H3,(H2,15,17). The van der Waals surface area contributed by atoms with Crippen molar-refractivity contribution in [2.75, 3.05) is 25.9 Å². The van der Waals surface area contributed by atoms with Crippen LogP contribution in [0.1, 0.15) is 19.8 Å². The number of aromatic nitrogens is 1. The summed E-state index contributed by atoms with van der Waals surface area (Å²) in [6.45, 7) is 3.91. The molecule has 1 heterocycles. The van der Waals surface area contributed by atoms with Gasteiger partial charge in [-0.2, -0.15) is 0 Å². The molecule has 0 unspecified atom stereocenters. The van der Waals surface area contributed by atoms with Crippen molar-refractivity contribution >= 4 is 17.4 Å². The Morgan fingerprint density at radius 1 is 1.56 bits per heavy atom. The maximum atomic E-state index is 5.81. The summed E-state index contributed by atoms with van der Waals surface area (Å²) >= 11 is 5.76. The summed E-state index contributed by atoms with van der Waals surface area (Å²) in [5.74, 6) is 1.76. The predicted molar refractivity (Wildman–Crippen MR) is 73.9 cm³/mol. The molecule has 2 rings (SSSR count). The fourth-order valence-electron chi connectivity index (χ4n) is 2.90. The molecule has 100 valence electrons. The first-order valence-corrected chi connectivity index (χ1v) is 6.62. The van der Waals surface area contributed by atoms with E-state index in [0.717, 1.165) is 12.5 Å². The van der Waals surface area contributed by atoms with E-state index in [0.29, 0.717) is 23.3 Å². The van der Waals surface area contributed by atoms with Crippen LogP contribution < -0.4 is 15.8 Å². The van der Waals surface area contributed by atoms with Gasteiger partial charge in [-0.1, -0.05) is 18.5 Å². The molecular weight excluding hydrogens is 250 g/mol. The molecule has 1 aromatic rings. The highest BCUT2D eigenvalue weighted by molar-refractivity contribution is 6.29. The first-order valence-electron chi connectivity index (χ1n) is 6.24. The average molecular weight is 270 g/mol. The second-order valence-corrected chi connectivity index (χ2v) is 5.74. The van der Waals surface area contributed by atoms with Crippen LogP contribution in [-0.2, 0) is 0 Å². The molecule has 0 aromatic carbocycles. The van der Waals surface area contributed by atoms with Crippen molar-refractivity contribution in [1.82, 2.24) is 10.3 Å². The van der Waals surface area contributed by atoms with E-state index in [9.17, 15) is 0 Å². The lowest BCUT2D eigenvalue weighted by Crippen LogP contribution is -2.47. The smallest absolute Gasteiger partial charge is 0.167 e. The summed E-state index contributed by atoms with van der Waals surface area (Å²) in [6.07, 6.45) is 2.38. The molecule has 1 aliphatic carbocycles. The van der Waals surface area contributed by atoms with Gasteiger partial charge in [0.15, 0.2) is 11.6 Å². The highest BCUT2D eigenvalue weighted by atomic mass is 35.5. The van der Waals surface area contributed by atoms with Crippen molar-refractivity contribution in [3.05, 3.63) is 17.3 Å². The number of nitrogens with zero attached hydrogens (tertiary/aromatic N) is 1. The minimum Gasteiger partial charge on any atom is -0.489 e. The van der Waals surface area contributed by atoms with Crippen LogP contribution in [0.25, 0.3) is 0 Å². The van der Waals surface area contributed by atoms with Crippen molar-refractivity contribution in [3.63, 3.8) is 0 Å². The molecule has 1 fully saturated rings. The maximum absolute atomic E-state index is 5.81. The van der Waals surface area contributed by atoms with Crippen LogP contribution >= 0.6 is 11.6 Å². The first-order chi connectivity index (χ1) is 8.54. The zero-order valence-electron chi connectivity index (χ0n) is 10.9. The molecule has 4 nitrogen and oxygen atoms in total. The number of nitrogens with one attached hydrogen (secondary N) is 1. The van der Waals surface area contributed by atoms with Gasteiger partial charge in [0, 0.05) is 12.0 Å². The number of rotatable bonds is 5. The topological polar surface area (TPSA) is 60.2 Å². The lowest BCUT2D eigenvalue weighted by atomic mass is 9.63. The van der Waals surface area contributed by atoms with E-state index in [2.05, 4.69) is 17.2 Å². The van der Waals surface area contributed by atoms with E-state index in [1.807, 2.05) is 7.05 Å². The van der Waals surface area contributed by atoms with Gasteiger partial charge in [-0.15, -0.1) is 0 Å². The third-order valence-corrected chi connectivity index (χ3v) is 3.71. The Morgan fingerprint density at radius 3 is 2.83 bits per heavy atom. The average Bonchev–Trinajstić information content (AvgIpc) is 2.26. The van der Waals surface area contributed by atoms with Gasteiger partial charge in [-0.25, -0.2) is 4.98 Å². The Kier molecular flexibility index (Phi) is 3.97. The maximum Gasteiger partial charge on any atom is 0.167 e. The van der Waals surface area contributed by atoms with Crippen molar-refractivity contribution in [2.45, 2.75) is 19.8 Å². The van der Waals surface area contributed by atoms with Gasteiger partial charge in [-0.3, -0.25) is 0 Å². The molecule has 1 aliphatic rings. The molecule has 0 radical (unpaired) electrons. The lowest BCUT2D eigenvalue weighted by molar-refractivity contribution is 0.0151. The minimum absolute atomic E-state index is 0.236. The first kappa shape index (κ1) is 13.4. The zero-order chi connectivity index (χ0) is 13.2. The summed E-state index contributed by atoms with van der Waals surface area (Å²) in [5, 5.41) is 3.63. The van der Waals surface area contributed by atoms with Gasteiger partial charge in [-0.05, 0) is 37.9 Å². The van der Waals surface area contributed by atoms with Crippen LogP contribution in [0.15, 0.2) is 12.1 Å². The lowest BCUT2D eigenvalue weighted by Gasteiger charge is -2.46. The van der Waals surface area contributed by atoms with Gasteiger partial charge < -0.3 is 15.8 Å². The van der Waals surface area contributed by atoms with E-state index in [1.54, 1.807) is 12.1 Å². The second-order valence-electron chi connectivity index (χ2n) is 5.35. The molecule has 3 N–H and O–H groups in total. The van der Waals surface area contributed by atoms with Gasteiger partial charge in [0.25, 0.3) is 0 Å². The van der Waals surface area contributed by atoms with E-state index < -0.39 is 0 Å². The molecule has 5 heteroatoms. The predicted octanol–water partition coefficient (Wildman–Crippen LogP) is 2.33. The molecule has 1 aromatic heterocycles. The molecule has 1 saturated carbocycles. The molecule has 0 spiro atoms. The van der Waals surface area contributed by atoms with Crippen LogP contribution in [0.4, 0.5) is 5.82 Å². The summed E-state index contributed by atoms with van der Waals surface area (Å²) in [7, 11) is 1.98. The highest BCUT2D eigenvalue weighted by Crippen LogP contribution is 2.45. The molecule has 0 amide bonds. The SMILES string of the molecule is CNCC1(COc2ccc(Cl)nc2N)CC(C)C1. The van der Waals surface area contributed by atoms with Gasteiger partial charge in [0.1, 0.15) is 5.15 Å². The Morgan fingerprint density at radius 2 is 2.28 bits per heavy atom. The third kappa shape index (κ3) is 2.87. The van der Waals surface area contributed by atoms with Crippen LogP contribution in [0, 0.1) is 11.3 Å². The summed E-state index contributed by atoms with van der Waals surface area (Å²) in [4.78, 5) is 3.98. The van der Waals surface area contributed by atoms with Gasteiger partial charge >= 0.3 is 0 Å². The molecule has 0 atom stereocenters. The molecular formula is C13H20ClN3O. The van der Waals surface area contributed by atoms with Crippen molar-refractivity contribution in [3.8, 4) is 5.75 Å². The molecule has 0 bridgehead atoms. The molecule has 18 heavy (non-hydrogen) atoms. The van der Waals surface area contributed by atoms with Crippen LogP contribution in [0.5, 0.6) is 5.75 Å². The van der Waals surface area contributed by atoms with Crippen molar-refractivity contribution in [2.24, 2.45) is 11.3 Å². The Bertz CT molecular complexity index is 413. The molecule has 0 aliphatic heterocycles. The Hall–Kier alpha value is -1.00. The quantitative estimate of drug-likeness (QED) is 0.806. The second kappa shape index (κ2) is 5.33. The summed E-state index contributed by atoms with van der Waals surface area (Å²) in [6, 6.07) is 3.47. The highest BCUT2D eigenvalue weighted by Gasteiger charge is 2.42. The largest absolute Gasteiger partial charge is 0.489 e. The van der Waals surface area contributed by atoms with E-state index in [4.69, 9.17) is 22.1 Å². The number of hydrogen-bond acceptors (Lipinski definition) is 4. The van der Waals surface area contributed by atoms with Crippen molar-refractivity contribution < 1.29 is 4.74 Å². The van der Waals surface area contributed by atoms with Crippen molar-refractivity contribution in [1.29, 1.82) is 0 Å². The number of halogens is 1. The number of anilines is 1. The monoisotopic (exact) mass is 269 g/mol. The summed E-state index contributed by atoms with van der Waals surface area (Å²) < 4.78 is 5.81. The number of nitrogens with two attached hydrogens (primary N) is 1. The van der Waals surface area contributed by atoms with Crippen LogP contribution in [0.3, 0.4) is 0 Å². The Labute approximate surface area is 113 Å². The van der Waals surface area contributed by atoms with E-state index >= 15 is 0 Å². The number of nitrogen functional groups attached to an aromatic ring is 1. The van der Waals surface area contributed by atoms with Gasteiger partial charge in [0.2, 0.25) is 0 Å². The fraction of sp³-hybridized carbons (Fsp3) is 0.615. The van der Waals surface area contributed by atoms with Crippen LogP contribution in [-0.4, -0.2) is 25.2 Å². The van der Waals surface area contributed by atoms with E-state index in [1.165, 1.54) is 12.8 Å². The van der Waals surface area contributed by atoms with E-state index in [-0.39, 0.29) is 5.41 Å².